The van der Waals surface area contributed by atoms with E-state index in [9.17, 15) is 9.59 Å². The van der Waals surface area contributed by atoms with Crippen molar-refractivity contribution in [1.29, 1.82) is 0 Å². The van der Waals surface area contributed by atoms with Crippen LogP contribution >= 0.6 is 0 Å². The maximum absolute atomic E-state index is 13.0. The van der Waals surface area contributed by atoms with E-state index in [1.807, 2.05) is 11.8 Å². The number of likely N-dealkylation sites (tertiary alicyclic amines) is 1. The number of nitrogens with one attached hydrogen (secondary N) is 2. The SMILES string of the molecule is CCc1ccc(C(C)C(=O)N2CCCC(CNC(=O)C3CCCN3)C2)cc1. The lowest BCUT2D eigenvalue weighted by Gasteiger charge is -2.34. The van der Waals surface area contributed by atoms with Crippen LogP contribution in [0, 0.1) is 5.92 Å². The van der Waals surface area contributed by atoms with Gasteiger partial charge in [0.1, 0.15) is 0 Å². The fourth-order valence-electron chi connectivity index (χ4n) is 4.17. The lowest BCUT2D eigenvalue weighted by molar-refractivity contribution is -0.134. The van der Waals surface area contributed by atoms with Gasteiger partial charge in [0.25, 0.3) is 0 Å². The second kappa shape index (κ2) is 9.36. The van der Waals surface area contributed by atoms with Gasteiger partial charge in [-0.15, -0.1) is 0 Å². The summed E-state index contributed by atoms with van der Waals surface area (Å²) in [6.45, 7) is 7.31. The van der Waals surface area contributed by atoms with Crippen molar-refractivity contribution in [3.63, 3.8) is 0 Å². The Morgan fingerprint density at radius 1 is 1.22 bits per heavy atom. The predicted molar refractivity (Wildman–Crippen MR) is 108 cm³/mol. The highest BCUT2D eigenvalue weighted by molar-refractivity contribution is 5.83. The highest BCUT2D eigenvalue weighted by atomic mass is 16.2. The second-order valence-electron chi connectivity index (χ2n) is 8.00. The van der Waals surface area contributed by atoms with Crippen molar-refractivity contribution >= 4 is 11.8 Å². The number of piperidine rings is 1. The molecule has 3 rings (SSSR count). The Morgan fingerprint density at radius 2 is 2.00 bits per heavy atom. The third-order valence-electron chi connectivity index (χ3n) is 6.03. The van der Waals surface area contributed by atoms with Crippen molar-refractivity contribution in [3.8, 4) is 0 Å². The van der Waals surface area contributed by atoms with E-state index in [2.05, 4.69) is 41.8 Å². The molecule has 2 aliphatic heterocycles. The zero-order valence-electron chi connectivity index (χ0n) is 16.7. The van der Waals surface area contributed by atoms with E-state index in [1.54, 1.807) is 0 Å². The van der Waals surface area contributed by atoms with E-state index in [1.165, 1.54) is 5.56 Å². The lowest BCUT2D eigenvalue weighted by atomic mass is 9.94. The van der Waals surface area contributed by atoms with Crippen LogP contribution in [0.15, 0.2) is 24.3 Å². The Hall–Kier alpha value is -1.88. The molecular formula is C22H33N3O2. The number of aryl methyl sites for hydroxylation is 1. The molecule has 2 amide bonds. The molecule has 0 spiro atoms. The number of hydrogen-bond donors (Lipinski definition) is 2. The summed E-state index contributed by atoms with van der Waals surface area (Å²) >= 11 is 0. The van der Waals surface area contributed by atoms with Crippen molar-refractivity contribution < 1.29 is 9.59 Å². The van der Waals surface area contributed by atoms with Crippen molar-refractivity contribution in [2.45, 2.75) is 57.9 Å². The minimum absolute atomic E-state index is 0.0301. The van der Waals surface area contributed by atoms with Gasteiger partial charge in [-0.3, -0.25) is 9.59 Å². The Balaban J connectivity index is 1.51. The van der Waals surface area contributed by atoms with Crippen molar-refractivity contribution in [1.82, 2.24) is 15.5 Å². The molecule has 5 heteroatoms. The summed E-state index contributed by atoms with van der Waals surface area (Å²) < 4.78 is 0. The molecule has 2 aliphatic rings. The summed E-state index contributed by atoms with van der Waals surface area (Å²) in [6.07, 6.45) is 5.09. The molecule has 1 aromatic carbocycles. The molecule has 2 heterocycles. The first-order chi connectivity index (χ1) is 13.1. The van der Waals surface area contributed by atoms with Crippen LogP contribution in [0.4, 0.5) is 0 Å². The van der Waals surface area contributed by atoms with E-state index < -0.39 is 0 Å². The van der Waals surface area contributed by atoms with Gasteiger partial charge in [-0.1, -0.05) is 31.2 Å². The highest BCUT2D eigenvalue weighted by Crippen LogP contribution is 2.23. The van der Waals surface area contributed by atoms with E-state index in [0.29, 0.717) is 12.5 Å². The van der Waals surface area contributed by atoms with Crippen molar-refractivity contribution in [2.24, 2.45) is 5.92 Å². The van der Waals surface area contributed by atoms with E-state index >= 15 is 0 Å². The summed E-state index contributed by atoms with van der Waals surface area (Å²) in [7, 11) is 0. The Bertz CT molecular complexity index is 637. The summed E-state index contributed by atoms with van der Waals surface area (Å²) in [4.78, 5) is 27.2. The third-order valence-corrected chi connectivity index (χ3v) is 6.03. The first-order valence-corrected chi connectivity index (χ1v) is 10.5. The number of nitrogens with zero attached hydrogens (tertiary/aromatic N) is 1. The zero-order chi connectivity index (χ0) is 19.2. The number of benzene rings is 1. The Morgan fingerprint density at radius 3 is 2.67 bits per heavy atom. The molecular weight excluding hydrogens is 338 g/mol. The van der Waals surface area contributed by atoms with Crippen LogP contribution in [0.1, 0.15) is 56.6 Å². The molecule has 27 heavy (non-hydrogen) atoms. The standard InChI is InChI=1S/C22H33N3O2/c1-3-17-8-10-19(11-9-17)16(2)22(27)25-13-5-6-18(15-25)14-24-21(26)20-7-4-12-23-20/h8-11,16,18,20,23H,3-7,12-15H2,1-2H3,(H,24,26). The lowest BCUT2D eigenvalue weighted by Crippen LogP contribution is -2.47. The van der Waals surface area contributed by atoms with Crippen LogP contribution in [-0.4, -0.2) is 48.9 Å². The van der Waals surface area contributed by atoms with Gasteiger partial charge in [0, 0.05) is 19.6 Å². The molecule has 0 aromatic heterocycles. The van der Waals surface area contributed by atoms with Gasteiger partial charge in [0.2, 0.25) is 11.8 Å². The van der Waals surface area contributed by atoms with Crippen LogP contribution in [0.25, 0.3) is 0 Å². The molecule has 1 aromatic rings. The third kappa shape index (κ3) is 5.10. The molecule has 148 valence electrons. The van der Waals surface area contributed by atoms with Gasteiger partial charge >= 0.3 is 0 Å². The number of amides is 2. The van der Waals surface area contributed by atoms with Crippen LogP contribution in [0.2, 0.25) is 0 Å². The number of rotatable bonds is 6. The summed E-state index contributed by atoms with van der Waals surface area (Å²) in [5.74, 6) is 0.544. The Kier molecular flexibility index (Phi) is 6.89. The largest absolute Gasteiger partial charge is 0.354 e. The molecule has 0 radical (unpaired) electrons. The maximum Gasteiger partial charge on any atom is 0.237 e. The minimum atomic E-state index is -0.119. The summed E-state index contributed by atoms with van der Waals surface area (Å²) in [5.41, 5.74) is 2.38. The van der Waals surface area contributed by atoms with E-state index in [0.717, 1.165) is 57.3 Å². The normalized spacial score (nSPS) is 23.9. The predicted octanol–water partition coefficient (Wildman–Crippen LogP) is 2.46. The van der Waals surface area contributed by atoms with E-state index in [4.69, 9.17) is 0 Å². The average molecular weight is 372 g/mol. The smallest absolute Gasteiger partial charge is 0.237 e. The van der Waals surface area contributed by atoms with Gasteiger partial charge in [0.05, 0.1) is 12.0 Å². The zero-order valence-corrected chi connectivity index (χ0v) is 16.7. The van der Waals surface area contributed by atoms with Crippen LogP contribution in [0.3, 0.4) is 0 Å². The monoisotopic (exact) mass is 371 g/mol. The minimum Gasteiger partial charge on any atom is -0.354 e. The molecule has 0 bridgehead atoms. The fraction of sp³-hybridized carbons (Fsp3) is 0.636. The quantitative estimate of drug-likeness (QED) is 0.807. The first-order valence-electron chi connectivity index (χ1n) is 10.5. The van der Waals surface area contributed by atoms with Crippen molar-refractivity contribution in [3.05, 3.63) is 35.4 Å². The number of hydrogen-bond acceptors (Lipinski definition) is 3. The molecule has 3 unspecified atom stereocenters. The van der Waals surface area contributed by atoms with Gasteiger partial charge in [-0.2, -0.15) is 0 Å². The first kappa shape index (κ1) is 19.9. The number of carbonyl (C=O) groups excluding carboxylic acids is 2. The molecule has 5 nitrogen and oxygen atoms in total. The van der Waals surface area contributed by atoms with Crippen LogP contribution in [-0.2, 0) is 16.0 Å². The second-order valence-corrected chi connectivity index (χ2v) is 8.00. The number of carbonyl (C=O) groups is 2. The molecule has 3 atom stereocenters. The molecule has 2 fully saturated rings. The maximum atomic E-state index is 13.0. The van der Waals surface area contributed by atoms with Gasteiger partial charge in [-0.25, -0.2) is 0 Å². The molecule has 0 saturated carbocycles. The molecule has 2 saturated heterocycles. The molecule has 0 aliphatic carbocycles. The topological polar surface area (TPSA) is 61.4 Å². The Labute approximate surface area is 162 Å². The average Bonchev–Trinajstić information content (AvgIpc) is 3.26. The fourth-order valence-corrected chi connectivity index (χ4v) is 4.17. The van der Waals surface area contributed by atoms with Crippen LogP contribution < -0.4 is 10.6 Å². The van der Waals surface area contributed by atoms with E-state index in [-0.39, 0.29) is 23.8 Å². The van der Waals surface area contributed by atoms with Gasteiger partial charge in [-0.05, 0) is 62.6 Å². The van der Waals surface area contributed by atoms with Crippen molar-refractivity contribution in [2.75, 3.05) is 26.2 Å². The van der Waals surface area contributed by atoms with Crippen LogP contribution in [0.5, 0.6) is 0 Å². The summed E-state index contributed by atoms with van der Waals surface area (Å²) in [5, 5.41) is 6.32. The summed E-state index contributed by atoms with van der Waals surface area (Å²) in [6, 6.07) is 8.36. The van der Waals surface area contributed by atoms with Gasteiger partial charge in [0.15, 0.2) is 0 Å². The van der Waals surface area contributed by atoms with Gasteiger partial charge < -0.3 is 15.5 Å². The highest BCUT2D eigenvalue weighted by Gasteiger charge is 2.28. The molecule has 2 N–H and O–H groups in total.